The molecule has 0 unspecified atom stereocenters. The van der Waals surface area contributed by atoms with E-state index in [1.807, 2.05) is 44.1 Å². The van der Waals surface area contributed by atoms with Crippen molar-refractivity contribution >= 4 is 34.8 Å². The molecule has 2 atom stereocenters. The van der Waals surface area contributed by atoms with E-state index in [-0.39, 0.29) is 23.5 Å². The zero-order valence-electron chi connectivity index (χ0n) is 22.3. The standard InChI is InChI=1S/C29H29Cl2FN4O3/c1-16-15-18(9-12-21(16)32)27-25(33-22-7-6-8-23(38-5)36(22)27)29(37)35(14-13-34(3)4)26-17(2)39-28-19(26)10-11-20(30)24(28)31/h6-12,15,17,26H,13-14H2,1-5H3/t17-,26-/m0/s1. The van der Waals surface area contributed by atoms with Crippen molar-refractivity contribution in [2.24, 2.45) is 0 Å². The van der Waals surface area contributed by atoms with Crippen LogP contribution in [0.4, 0.5) is 4.39 Å². The van der Waals surface area contributed by atoms with E-state index < -0.39 is 6.04 Å². The molecule has 0 spiro atoms. The lowest BCUT2D eigenvalue weighted by Gasteiger charge is -2.32. The Morgan fingerprint density at radius 1 is 1.15 bits per heavy atom. The molecule has 7 nitrogen and oxygen atoms in total. The van der Waals surface area contributed by atoms with Crippen molar-refractivity contribution in [1.82, 2.24) is 19.2 Å². The fraction of sp³-hybridized carbons (Fsp3) is 0.310. The Morgan fingerprint density at radius 2 is 1.92 bits per heavy atom. The summed E-state index contributed by atoms with van der Waals surface area (Å²) in [6.45, 7) is 4.60. The molecule has 4 aromatic rings. The highest BCUT2D eigenvalue weighted by molar-refractivity contribution is 6.43. The summed E-state index contributed by atoms with van der Waals surface area (Å²) in [6.07, 6.45) is -0.384. The van der Waals surface area contributed by atoms with Crippen molar-refractivity contribution in [2.75, 3.05) is 34.3 Å². The molecule has 10 heteroatoms. The fourth-order valence-electron chi connectivity index (χ4n) is 5.07. The summed E-state index contributed by atoms with van der Waals surface area (Å²) in [4.78, 5) is 23.1. The Kier molecular flexibility index (Phi) is 7.46. The van der Waals surface area contributed by atoms with Crippen LogP contribution >= 0.6 is 23.2 Å². The van der Waals surface area contributed by atoms with Crippen LogP contribution in [0.5, 0.6) is 11.6 Å². The summed E-state index contributed by atoms with van der Waals surface area (Å²) in [7, 11) is 5.46. The quantitative estimate of drug-likeness (QED) is 0.261. The van der Waals surface area contributed by atoms with Crippen LogP contribution < -0.4 is 9.47 Å². The molecule has 2 aromatic heterocycles. The number of methoxy groups -OCH3 is 1. The van der Waals surface area contributed by atoms with Crippen molar-refractivity contribution < 1.29 is 18.7 Å². The van der Waals surface area contributed by atoms with E-state index in [0.29, 0.717) is 57.2 Å². The molecule has 0 saturated carbocycles. The maximum Gasteiger partial charge on any atom is 0.275 e. The van der Waals surface area contributed by atoms with Gasteiger partial charge in [0.25, 0.3) is 5.91 Å². The van der Waals surface area contributed by atoms with E-state index in [2.05, 4.69) is 0 Å². The first-order valence-corrected chi connectivity index (χ1v) is 13.3. The van der Waals surface area contributed by atoms with Crippen LogP contribution in [-0.4, -0.2) is 65.5 Å². The molecule has 0 aliphatic carbocycles. The van der Waals surface area contributed by atoms with Gasteiger partial charge in [0.1, 0.15) is 28.3 Å². The smallest absolute Gasteiger partial charge is 0.275 e. The summed E-state index contributed by atoms with van der Waals surface area (Å²) < 4.78 is 27.8. The Balaban J connectivity index is 1.71. The maximum absolute atomic E-state index is 14.6. The van der Waals surface area contributed by atoms with Gasteiger partial charge >= 0.3 is 0 Å². The number of nitrogens with zero attached hydrogens (tertiary/aromatic N) is 4. The Hall–Kier alpha value is -3.33. The lowest BCUT2D eigenvalue weighted by Crippen LogP contribution is -2.43. The van der Waals surface area contributed by atoms with Gasteiger partial charge in [-0.05, 0) is 69.9 Å². The average Bonchev–Trinajstić information content (AvgIpc) is 3.46. The van der Waals surface area contributed by atoms with Gasteiger partial charge in [-0.25, -0.2) is 9.37 Å². The van der Waals surface area contributed by atoms with Crippen LogP contribution in [0.25, 0.3) is 16.9 Å². The molecular weight excluding hydrogens is 542 g/mol. The predicted molar refractivity (Wildman–Crippen MR) is 151 cm³/mol. The Labute approximate surface area is 236 Å². The number of amides is 1. The van der Waals surface area contributed by atoms with Gasteiger partial charge in [0.05, 0.1) is 23.9 Å². The number of imidazole rings is 1. The Morgan fingerprint density at radius 3 is 2.62 bits per heavy atom. The largest absolute Gasteiger partial charge is 0.486 e. The van der Waals surface area contributed by atoms with Crippen LogP contribution in [0.1, 0.15) is 34.6 Å². The highest BCUT2D eigenvalue weighted by Crippen LogP contribution is 2.47. The van der Waals surface area contributed by atoms with Crippen LogP contribution in [0.3, 0.4) is 0 Å². The first-order chi connectivity index (χ1) is 18.6. The lowest BCUT2D eigenvalue weighted by molar-refractivity contribution is 0.0538. The zero-order valence-corrected chi connectivity index (χ0v) is 23.8. The van der Waals surface area contributed by atoms with Crippen LogP contribution in [0, 0.1) is 12.7 Å². The number of aromatic nitrogens is 2. The number of rotatable bonds is 7. The topological polar surface area (TPSA) is 59.3 Å². The molecule has 3 heterocycles. The van der Waals surface area contributed by atoms with Crippen molar-refractivity contribution in [2.45, 2.75) is 26.0 Å². The number of hydrogen-bond acceptors (Lipinski definition) is 5. The predicted octanol–water partition coefficient (Wildman–Crippen LogP) is 6.29. The highest BCUT2D eigenvalue weighted by atomic mass is 35.5. The van der Waals surface area contributed by atoms with Gasteiger partial charge in [-0.1, -0.05) is 35.3 Å². The summed E-state index contributed by atoms with van der Waals surface area (Å²) >= 11 is 12.8. The summed E-state index contributed by atoms with van der Waals surface area (Å²) in [5, 5.41) is 0.708. The van der Waals surface area contributed by atoms with Crippen molar-refractivity contribution in [1.29, 1.82) is 0 Å². The van der Waals surface area contributed by atoms with Crippen molar-refractivity contribution in [3.05, 3.63) is 81.2 Å². The third kappa shape index (κ3) is 4.81. The number of aryl methyl sites for hydroxylation is 1. The van der Waals surface area contributed by atoms with Crippen molar-refractivity contribution in [3.8, 4) is 22.9 Å². The number of carbonyl (C=O) groups is 1. The second kappa shape index (κ2) is 10.7. The molecule has 0 bridgehead atoms. The van der Waals surface area contributed by atoms with E-state index in [1.54, 1.807) is 47.6 Å². The average molecular weight is 571 g/mol. The summed E-state index contributed by atoms with van der Waals surface area (Å²) in [6, 6.07) is 13.3. The highest BCUT2D eigenvalue weighted by Gasteiger charge is 2.41. The summed E-state index contributed by atoms with van der Waals surface area (Å²) in [5.74, 6) is 0.360. The summed E-state index contributed by atoms with van der Waals surface area (Å²) in [5.41, 5.74) is 3.17. The van der Waals surface area contributed by atoms with Gasteiger partial charge in [0.2, 0.25) is 0 Å². The number of ether oxygens (including phenoxy) is 2. The SMILES string of the molecule is COc1cccc2nc(C(=O)N(CCN(C)C)[C@@H]3c4ccc(Cl)c(Cl)c4O[C@H]3C)c(-c3ccc(F)c(C)c3)n12. The number of pyridine rings is 1. The molecule has 0 fully saturated rings. The lowest BCUT2D eigenvalue weighted by atomic mass is 10.0. The number of carbonyl (C=O) groups excluding carboxylic acids is 1. The normalized spacial score (nSPS) is 16.4. The van der Waals surface area contributed by atoms with Crippen molar-refractivity contribution in [3.63, 3.8) is 0 Å². The monoisotopic (exact) mass is 570 g/mol. The van der Waals surface area contributed by atoms with E-state index in [1.165, 1.54) is 6.07 Å². The van der Waals surface area contributed by atoms with Crippen LogP contribution in [0.15, 0.2) is 48.5 Å². The van der Waals surface area contributed by atoms with Gasteiger partial charge < -0.3 is 19.3 Å². The molecule has 0 radical (unpaired) electrons. The van der Waals surface area contributed by atoms with Gasteiger partial charge in [-0.2, -0.15) is 0 Å². The zero-order chi connectivity index (χ0) is 28.0. The van der Waals surface area contributed by atoms with Gasteiger partial charge in [0.15, 0.2) is 11.6 Å². The number of fused-ring (bicyclic) bond motifs is 2. The molecule has 5 rings (SSSR count). The second-order valence-corrected chi connectivity index (χ2v) is 10.7. The molecule has 0 N–H and O–H groups in total. The fourth-order valence-corrected chi connectivity index (χ4v) is 5.43. The van der Waals surface area contributed by atoms with Crippen LogP contribution in [-0.2, 0) is 0 Å². The number of hydrogen-bond donors (Lipinski definition) is 0. The van der Waals surface area contributed by atoms with Gasteiger partial charge in [-0.3, -0.25) is 9.20 Å². The molecule has 0 saturated heterocycles. The minimum Gasteiger partial charge on any atom is -0.486 e. The van der Waals surface area contributed by atoms with Crippen LogP contribution in [0.2, 0.25) is 10.0 Å². The number of benzene rings is 2. The first-order valence-electron chi connectivity index (χ1n) is 12.5. The molecule has 1 aliphatic heterocycles. The van der Waals surface area contributed by atoms with E-state index in [9.17, 15) is 9.18 Å². The number of halogens is 3. The van der Waals surface area contributed by atoms with E-state index in [0.717, 1.165) is 5.56 Å². The molecule has 39 heavy (non-hydrogen) atoms. The molecule has 2 aromatic carbocycles. The Bertz CT molecular complexity index is 1570. The minimum absolute atomic E-state index is 0.227. The number of likely N-dealkylation sites (N-methyl/N-ethyl adjacent to an activating group) is 1. The molecule has 204 valence electrons. The molecule has 1 aliphatic rings. The first kappa shape index (κ1) is 27.2. The second-order valence-electron chi connectivity index (χ2n) is 9.88. The van der Waals surface area contributed by atoms with Gasteiger partial charge in [-0.15, -0.1) is 0 Å². The third-order valence-corrected chi connectivity index (χ3v) is 7.77. The van der Waals surface area contributed by atoms with Gasteiger partial charge in [0, 0.05) is 24.2 Å². The van der Waals surface area contributed by atoms with E-state index in [4.69, 9.17) is 37.7 Å². The molecular formula is C29H29Cl2FN4O3. The van der Waals surface area contributed by atoms with E-state index >= 15 is 0 Å². The minimum atomic E-state index is -0.434. The third-order valence-electron chi connectivity index (χ3n) is 6.98. The molecule has 1 amide bonds. The maximum atomic E-state index is 14.6.